The Morgan fingerprint density at radius 3 is 2.43 bits per heavy atom. The number of hydrogen-bond donors (Lipinski definition) is 4. The van der Waals surface area contributed by atoms with Gasteiger partial charge in [0.05, 0.1) is 0 Å². The lowest BCUT2D eigenvalue weighted by molar-refractivity contribution is -0.149. The van der Waals surface area contributed by atoms with E-state index >= 15 is 0 Å². The fourth-order valence-corrected chi connectivity index (χ4v) is 2.19. The molecule has 1 aliphatic rings. The van der Waals surface area contributed by atoms with Gasteiger partial charge in [-0.15, -0.1) is 0 Å². The van der Waals surface area contributed by atoms with Crippen LogP contribution < -0.4 is 10.8 Å². The van der Waals surface area contributed by atoms with Crippen LogP contribution in [0.15, 0.2) is 0 Å². The topological polar surface area (TPSA) is 136 Å². The minimum Gasteiger partial charge on any atom is -0.480 e. The molecule has 0 aliphatic carbocycles. The number of carbonyl (C=O) groups is 4. The van der Waals surface area contributed by atoms with Crippen LogP contribution in [0.2, 0.25) is 0 Å². The second kappa shape index (κ2) is 7.58. The first-order chi connectivity index (χ1) is 9.86. The summed E-state index contributed by atoms with van der Waals surface area (Å²) in [4.78, 5) is 46.7. The van der Waals surface area contributed by atoms with Gasteiger partial charge in [-0.3, -0.25) is 19.6 Å². The van der Waals surface area contributed by atoms with E-state index in [1.54, 1.807) is 0 Å². The standard InChI is InChI=1S/C12H19N3O6/c1-7(13-9(16)4-5-10(17)14-21)11(18)15-6-2-3-8(15)12(19)20/h7-8,21H,2-6H2,1H3,(H,13,16)(H,14,17)(H,19,20)/t7-,8-/m0/s1. The zero-order valence-electron chi connectivity index (χ0n) is 11.7. The van der Waals surface area contributed by atoms with E-state index < -0.39 is 35.8 Å². The van der Waals surface area contributed by atoms with E-state index in [-0.39, 0.29) is 12.8 Å². The van der Waals surface area contributed by atoms with Crippen LogP contribution in [0.1, 0.15) is 32.6 Å². The number of likely N-dealkylation sites (tertiary alicyclic amines) is 1. The molecule has 2 atom stereocenters. The van der Waals surface area contributed by atoms with E-state index in [0.717, 1.165) is 0 Å². The Morgan fingerprint density at radius 2 is 1.86 bits per heavy atom. The number of hydroxylamine groups is 1. The van der Waals surface area contributed by atoms with Gasteiger partial charge in [0.1, 0.15) is 12.1 Å². The molecule has 0 aromatic rings. The molecule has 0 aromatic heterocycles. The minimum atomic E-state index is -1.06. The molecule has 0 saturated carbocycles. The summed E-state index contributed by atoms with van der Waals surface area (Å²) >= 11 is 0. The van der Waals surface area contributed by atoms with Crippen LogP contribution >= 0.6 is 0 Å². The number of carboxylic acid groups (broad SMARTS) is 1. The highest BCUT2D eigenvalue weighted by atomic mass is 16.5. The highest BCUT2D eigenvalue weighted by Gasteiger charge is 2.36. The van der Waals surface area contributed by atoms with Crippen molar-refractivity contribution in [3.63, 3.8) is 0 Å². The molecule has 3 amide bonds. The molecule has 4 N–H and O–H groups in total. The molecule has 21 heavy (non-hydrogen) atoms. The minimum absolute atomic E-state index is 0.174. The Morgan fingerprint density at radius 1 is 1.24 bits per heavy atom. The molecule has 0 radical (unpaired) electrons. The molecule has 0 aromatic carbocycles. The number of carbonyl (C=O) groups excluding carboxylic acids is 3. The third-order valence-electron chi connectivity index (χ3n) is 3.27. The lowest BCUT2D eigenvalue weighted by Gasteiger charge is -2.25. The van der Waals surface area contributed by atoms with Gasteiger partial charge in [-0.2, -0.15) is 0 Å². The molecule has 0 unspecified atom stereocenters. The first kappa shape index (κ1) is 16.9. The maximum Gasteiger partial charge on any atom is 0.326 e. The number of nitrogens with zero attached hydrogens (tertiary/aromatic N) is 1. The second-order valence-electron chi connectivity index (χ2n) is 4.85. The third kappa shape index (κ3) is 4.71. The predicted molar refractivity (Wildman–Crippen MR) is 69.1 cm³/mol. The normalized spacial score (nSPS) is 19.0. The van der Waals surface area contributed by atoms with E-state index in [9.17, 15) is 19.2 Å². The number of amides is 3. The van der Waals surface area contributed by atoms with Gasteiger partial charge in [0, 0.05) is 19.4 Å². The van der Waals surface area contributed by atoms with Gasteiger partial charge in [-0.1, -0.05) is 0 Å². The highest BCUT2D eigenvalue weighted by molar-refractivity contribution is 5.91. The van der Waals surface area contributed by atoms with Crippen molar-refractivity contribution >= 4 is 23.7 Å². The van der Waals surface area contributed by atoms with E-state index in [0.29, 0.717) is 19.4 Å². The summed E-state index contributed by atoms with van der Waals surface area (Å²) in [5, 5.41) is 19.7. The zero-order chi connectivity index (χ0) is 16.0. The maximum absolute atomic E-state index is 12.1. The molecule has 1 aliphatic heterocycles. The number of nitrogens with one attached hydrogen (secondary N) is 2. The molecule has 1 saturated heterocycles. The Hall–Kier alpha value is -2.16. The molecule has 0 bridgehead atoms. The van der Waals surface area contributed by atoms with Crippen LogP contribution in [0.4, 0.5) is 0 Å². The molecule has 1 heterocycles. The van der Waals surface area contributed by atoms with Gasteiger partial charge in [-0.05, 0) is 19.8 Å². The van der Waals surface area contributed by atoms with Crippen molar-refractivity contribution in [2.45, 2.75) is 44.7 Å². The molecule has 9 heteroatoms. The molecule has 9 nitrogen and oxygen atoms in total. The summed E-state index contributed by atoms with van der Waals surface area (Å²) < 4.78 is 0. The Bertz CT molecular complexity index is 439. The van der Waals surface area contributed by atoms with Gasteiger partial charge in [0.15, 0.2) is 0 Å². The van der Waals surface area contributed by atoms with Crippen molar-refractivity contribution in [2.24, 2.45) is 0 Å². The summed E-state index contributed by atoms with van der Waals surface area (Å²) in [7, 11) is 0. The van der Waals surface area contributed by atoms with Crippen molar-refractivity contribution < 1.29 is 29.5 Å². The largest absolute Gasteiger partial charge is 0.480 e. The Kier molecular flexibility index (Phi) is 6.10. The monoisotopic (exact) mass is 301 g/mol. The SMILES string of the molecule is C[C@H](NC(=O)CCC(=O)NO)C(=O)N1CCC[C@H]1C(=O)O. The number of rotatable bonds is 6. The predicted octanol–water partition coefficient (Wildman–Crippen LogP) is -1.15. The summed E-state index contributed by atoms with van der Waals surface area (Å²) in [5.41, 5.74) is 1.40. The van der Waals surface area contributed by atoms with Gasteiger partial charge in [0.2, 0.25) is 17.7 Å². The van der Waals surface area contributed by atoms with E-state index in [1.807, 2.05) is 0 Å². The highest BCUT2D eigenvalue weighted by Crippen LogP contribution is 2.18. The van der Waals surface area contributed by atoms with Crippen molar-refractivity contribution in [3.8, 4) is 0 Å². The number of aliphatic carboxylic acids is 1. The lowest BCUT2D eigenvalue weighted by Crippen LogP contribution is -2.50. The van der Waals surface area contributed by atoms with Crippen LogP contribution in [-0.2, 0) is 19.2 Å². The molecular formula is C12H19N3O6. The average molecular weight is 301 g/mol. The van der Waals surface area contributed by atoms with Crippen LogP contribution in [0, 0.1) is 0 Å². The van der Waals surface area contributed by atoms with Crippen LogP contribution in [0.3, 0.4) is 0 Å². The first-order valence-electron chi connectivity index (χ1n) is 6.62. The number of hydrogen-bond acceptors (Lipinski definition) is 5. The average Bonchev–Trinajstić information content (AvgIpc) is 2.93. The van der Waals surface area contributed by atoms with Crippen molar-refractivity contribution in [2.75, 3.05) is 6.54 Å². The fraction of sp³-hybridized carbons (Fsp3) is 0.667. The second-order valence-corrected chi connectivity index (χ2v) is 4.85. The summed E-state index contributed by atoms with van der Waals surface area (Å²) in [6, 6.07) is -1.72. The maximum atomic E-state index is 12.1. The molecule has 1 rings (SSSR count). The van der Waals surface area contributed by atoms with Crippen molar-refractivity contribution in [3.05, 3.63) is 0 Å². The Balaban J connectivity index is 2.49. The van der Waals surface area contributed by atoms with Crippen molar-refractivity contribution in [1.82, 2.24) is 15.7 Å². The summed E-state index contributed by atoms with van der Waals surface area (Å²) in [6.45, 7) is 1.81. The van der Waals surface area contributed by atoms with Gasteiger partial charge >= 0.3 is 5.97 Å². The van der Waals surface area contributed by atoms with Crippen LogP contribution in [0.25, 0.3) is 0 Å². The summed E-state index contributed by atoms with van der Waals surface area (Å²) in [6.07, 6.45) is 0.634. The molecule has 0 spiro atoms. The first-order valence-corrected chi connectivity index (χ1v) is 6.62. The molecular weight excluding hydrogens is 282 g/mol. The molecule has 118 valence electrons. The van der Waals surface area contributed by atoms with Gasteiger partial charge < -0.3 is 15.3 Å². The van der Waals surface area contributed by atoms with Crippen LogP contribution in [-0.4, -0.2) is 57.5 Å². The van der Waals surface area contributed by atoms with Crippen LogP contribution in [0.5, 0.6) is 0 Å². The van der Waals surface area contributed by atoms with E-state index in [1.165, 1.54) is 17.3 Å². The van der Waals surface area contributed by atoms with E-state index in [4.69, 9.17) is 10.3 Å². The number of carboxylic acids is 1. The van der Waals surface area contributed by atoms with Crippen molar-refractivity contribution in [1.29, 1.82) is 0 Å². The molecule has 1 fully saturated rings. The fourth-order valence-electron chi connectivity index (χ4n) is 2.19. The smallest absolute Gasteiger partial charge is 0.326 e. The Labute approximate surface area is 121 Å². The van der Waals surface area contributed by atoms with Gasteiger partial charge in [-0.25, -0.2) is 10.3 Å². The third-order valence-corrected chi connectivity index (χ3v) is 3.27. The lowest BCUT2D eigenvalue weighted by atomic mass is 10.2. The summed E-state index contributed by atoms with van der Waals surface area (Å²) in [5.74, 6) is -2.74. The quantitative estimate of drug-likeness (QED) is 0.361. The van der Waals surface area contributed by atoms with E-state index in [2.05, 4.69) is 5.32 Å². The zero-order valence-corrected chi connectivity index (χ0v) is 11.7. The van der Waals surface area contributed by atoms with Gasteiger partial charge in [0.25, 0.3) is 0 Å².